The number of aromatic nitrogens is 3. The molecule has 2 heterocycles. The predicted octanol–water partition coefficient (Wildman–Crippen LogP) is 0.601. The molecule has 4 rings (SSSR count). The second-order valence-electron chi connectivity index (χ2n) is 6.76. The van der Waals surface area contributed by atoms with Gasteiger partial charge in [-0.05, 0) is 31.6 Å². The monoisotopic (exact) mass is 303 g/mol. The first-order valence-electron chi connectivity index (χ1n) is 8.19. The third-order valence-electron chi connectivity index (χ3n) is 4.99. The second-order valence-corrected chi connectivity index (χ2v) is 6.76. The van der Waals surface area contributed by atoms with Crippen molar-refractivity contribution in [2.75, 3.05) is 19.6 Å². The predicted molar refractivity (Wildman–Crippen MR) is 78.0 cm³/mol. The molecule has 1 aliphatic heterocycles. The number of hydrogen-bond donors (Lipinski definition) is 1. The van der Waals surface area contributed by atoms with Crippen LogP contribution >= 0.6 is 0 Å². The Balaban J connectivity index is 1.28. The molecule has 7 heteroatoms. The van der Waals surface area contributed by atoms with Gasteiger partial charge in [-0.15, -0.1) is 5.10 Å². The zero-order chi connectivity index (χ0) is 15.1. The first kappa shape index (κ1) is 13.7. The lowest BCUT2D eigenvalue weighted by molar-refractivity contribution is -0.144. The number of carbonyl (C=O) groups is 2. The van der Waals surface area contributed by atoms with Crippen molar-refractivity contribution in [1.29, 1.82) is 0 Å². The summed E-state index contributed by atoms with van der Waals surface area (Å²) >= 11 is 0. The van der Waals surface area contributed by atoms with Gasteiger partial charge in [0.2, 0.25) is 5.91 Å². The van der Waals surface area contributed by atoms with Crippen LogP contribution in [0.15, 0.2) is 6.20 Å². The molecule has 3 fully saturated rings. The van der Waals surface area contributed by atoms with Gasteiger partial charge in [0, 0.05) is 25.6 Å². The lowest BCUT2D eigenvalue weighted by Crippen LogP contribution is -2.53. The molecule has 0 spiro atoms. The van der Waals surface area contributed by atoms with Crippen molar-refractivity contribution in [3.8, 4) is 0 Å². The fraction of sp³-hybridized carbons (Fsp3) is 0.733. The number of likely N-dealkylation sites (tertiary alicyclic amines) is 1. The summed E-state index contributed by atoms with van der Waals surface area (Å²) in [6, 6.07) is 0.154. The highest BCUT2D eigenvalue weighted by molar-refractivity contribution is 5.91. The molecule has 1 N–H and O–H groups in total. The minimum Gasteiger partial charge on any atom is -0.350 e. The summed E-state index contributed by atoms with van der Waals surface area (Å²) in [6.45, 7) is 2.10. The van der Waals surface area contributed by atoms with Crippen LogP contribution in [0.2, 0.25) is 0 Å². The van der Waals surface area contributed by atoms with E-state index >= 15 is 0 Å². The van der Waals surface area contributed by atoms with Crippen LogP contribution < -0.4 is 5.32 Å². The Bertz CT molecular complexity index is 585. The molecule has 0 aromatic carbocycles. The molecule has 0 atom stereocenters. The minimum absolute atomic E-state index is 0.153. The number of rotatable bonds is 5. The van der Waals surface area contributed by atoms with Gasteiger partial charge in [-0.1, -0.05) is 11.6 Å². The average molecular weight is 303 g/mol. The maximum Gasteiger partial charge on any atom is 0.273 e. The molecular weight excluding hydrogens is 282 g/mol. The van der Waals surface area contributed by atoms with Crippen LogP contribution in [0.1, 0.15) is 48.6 Å². The summed E-state index contributed by atoms with van der Waals surface area (Å²) in [5, 5.41) is 10.9. The molecule has 7 nitrogen and oxygen atoms in total. The maximum absolute atomic E-state index is 12.1. The van der Waals surface area contributed by atoms with Gasteiger partial charge >= 0.3 is 0 Å². The summed E-state index contributed by atoms with van der Waals surface area (Å²) < 4.78 is 1.72. The van der Waals surface area contributed by atoms with Gasteiger partial charge in [0.25, 0.3) is 5.91 Å². The Labute approximate surface area is 129 Å². The summed E-state index contributed by atoms with van der Waals surface area (Å²) in [6.07, 6.45) is 7.36. The van der Waals surface area contributed by atoms with Crippen molar-refractivity contribution >= 4 is 11.8 Å². The van der Waals surface area contributed by atoms with Gasteiger partial charge in [0.15, 0.2) is 5.69 Å². The third kappa shape index (κ3) is 2.60. The quantitative estimate of drug-likeness (QED) is 0.864. The highest BCUT2D eigenvalue weighted by Crippen LogP contribution is 2.32. The summed E-state index contributed by atoms with van der Waals surface area (Å²) in [5.74, 6) is 1.03. The molecule has 0 unspecified atom stereocenters. The van der Waals surface area contributed by atoms with Crippen molar-refractivity contribution in [2.24, 2.45) is 11.8 Å². The highest BCUT2D eigenvalue weighted by Gasteiger charge is 2.38. The minimum atomic E-state index is -0.153. The first-order chi connectivity index (χ1) is 10.7. The molecular formula is C15H21N5O2. The van der Waals surface area contributed by atoms with E-state index in [2.05, 4.69) is 15.6 Å². The van der Waals surface area contributed by atoms with Crippen LogP contribution in [0.4, 0.5) is 0 Å². The molecule has 2 saturated carbocycles. The van der Waals surface area contributed by atoms with Crippen LogP contribution in [-0.4, -0.2) is 51.3 Å². The smallest absolute Gasteiger partial charge is 0.273 e. The van der Waals surface area contributed by atoms with Gasteiger partial charge in [0.1, 0.15) is 0 Å². The summed E-state index contributed by atoms with van der Waals surface area (Å²) in [4.78, 5) is 25.9. The Morgan fingerprint density at radius 3 is 2.64 bits per heavy atom. The van der Waals surface area contributed by atoms with Crippen LogP contribution in [0.5, 0.6) is 0 Å². The zero-order valence-corrected chi connectivity index (χ0v) is 12.6. The average Bonchev–Trinajstić information content (AvgIpc) is 3.09. The Hall–Kier alpha value is -1.92. The van der Waals surface area contributed by atoms with Gasteiger partial charge in [-0.3, -0.25) is 9.59 Å². The van der Waals surface area contributed by atoms with Gasteiger partial charge in [0.05, 0.1) is 12.2 Å². The van der Waals surface area contributed by atoms with Crippen molar-refractivity contribution in [3.05, 3.63) is 11.9 Å². The van der Waals surface area contributed by atoms with Crippen molar-refractivity contribution in [3.63, 3.8) is 0 Å². The van der Waals surface area contributed by atoms with E-state index in [1.807, 2.05) is 4.90 Å². The van der Waals surface area contributed by atoms with Gasteiger partial charge < -0.3 is 10.2 Å². The highest BCUT2D eigenvalue weighted by atomic mass is 16.2. The molecule has 3 aliphatic rings. The lowest BCUT2D eigenvalue weighted by Gasteiger charge is -2.42. The summed E-state index contributed by atoms with van der Waals surface area (Å²) in [7, 11) is 0. The number of amides is 2. The lowest BCUT2D eigenvalue weighted by atomic mass is 9.83. The maximum atomic E-state index is 12.1. The van der Waals surface area contributed by atoms with E-state index < -0.39 is 0 Å². The molecule has 1 aromatic rings. The third-order valence-corrected chi connectivity index (χ3v) is 4.99. The number of nitrogens with one attached hydrogen (secondary N) is 1. The van der Waals surface area contributed by atoms with Crippen LogP contribution in [0.25, 0.3) is 0 Å². The second kappa shape index (κ2) is 5.37. The zero-order valence-electron chi connectivity index (χ0n) is 12.6. The van der Waals surface area contributed by atoms with Crippen LogP contribution in [0, 0.1) is 11.8 Å². The molecule has 118 valence electrons. The van der Waals surface area contributed by atoms with Crippen LogP contribution in [-0.2, 0) is 4.79 Å². The number of nitrogens with zero attached hydrogens (tertiary/aromatic N) is 4. The van der Waals surface area contributed by atoms with Gasteiger partial charge in [-0.25, -0.2) is 4.68 Å². The largest absolute Gasteiger partial charge is 0.350 e. The molecule has 2 amide bonds. The van der Waals surface area contributed by atoms with E-state index in [0.29, 0.717) is 24.7 Å². The fourth-order valence-electron chi connectivity index (χ4n) is 2.92. The fourth-order valence-corrected chi connectivity index (χ4v) is 2.92. The number of hydrogen-bond acceptors (Lipinski definition) is 4. The van der Waals surface area contributed by atoms with E-state index in [1.54, 1.807) is 10.9 Å². The van der Waals surface area contributed by atoms with E-state index in [-0.39, 0.29) is 23.8 Å². The van der Waals surface area contributed by atoms with E-state index in [4.69, 9.17) is 0 Å². The molecule has 0 radical (unpaired) electrons. The van der Waals surface area contributed by atoms with Crippen molar-refractivity contribution in [2.45, 2.75) is 38.1 Å². The summed E-state index contributed by atoms with van der Waals surface area (Å²) in [5.41, 5.74) is 0.365. The molecule has 2 aliphatic carbocycles. The topological polar surface area (TPSA) is 80.1 Å². The normalized spacial score (nSPS) is 22.1. The standard InChI is InChI=1S/C15H21N5O2/c21-14(16-6-10-4-5-10)13-9-20(18-17-13)12-7-19(8-12)15(22)11-2-1-3-11/h9-12H,1-8H2,(H,16,21). The Kier molecular flexibility index (Phi) is 3.35. The first-order valence-corrected chi connectivity index (χ1v) is 8.19. The van der Waals surface area contributed by atoms with E-state index in [0.717, 1.165) is 19.4 Å². The number of carbonyl (C=O) groups excluding carboxylic acids is 2. The molecule has 1 aromatic heterocycles. The van der Waals surface area contributed by atoms with Crippen LogP contribution in [0.3, 0.4) is 0 Å². The SMILES string of the molecule is O=C(NCC1CC1)c1cn(C2CN(C(=O)C3CCC3)C2)nn1. The van der Waals surface area contributed by atoms with Crippen molar-refractivity contribution < 1.29 is 9.59 Å². The van der Waals surface area contributed by atoms with E-state index in [9.17, 15) is 9.59 Å². The molecule has 0 bridgehead atoms. The van der Waals surface area contributed by atoms with Gasteiger partial charge in [-0.2, -0.15) is 0 Å². The molecule has 22 heavy (non-hydrogen) atoms. The van der Waals surface area contributed by atoms with E-state index in [1.165, 1.54) is 19.3 Å². The Morgan fingerprint density at radius 1 is 1.23 bits per heavy atom. The Morgan fingerprint density at radius 2 is 2.00 bits per heavy atom. The van der Waals surface area contributed by atoms with Crippen molar-refractivity contribution in [1.82, 2.24) is 25.2 Å². The molecule has 1 saturated heterocycles.